The van der Waals surface area contributed by atoms with Gasteiger partial charge in [-0.25, -0.2) is 9.18 Å². The summed E-state index contributed by atoms with van der Waals surface area (Å²) >= 11 is 7.42. The molecule has 0 bridgehead atoms. The molecule has 0 aromatic heterocycles. The fourth-order valence-corrected chi connectivity index (χ4v) is 2.12. The molecule has 0 heterocycles. The summed E-state index contributed by atoms with van der Waals surface area (Å²) in [5, 5.41) is 0. The van der Waals surface area contributed by atoms with E-state index in [0.717, 1.165) is 0 Å². The van der Waals surface area contributed by atoms with Crippen LogP contribution >= 0.6 is 28.6 Å². The van der Waals surface area contributed by atoms with Crippen molar-refractivity contribution in [1.29, 1.82) is 0 Å². The van der Waals surface area contributed by atoms with Crippen LogP contribution in [0.2, 0.25) is 0 Å². The highest BCUT2D eigenvalue weighted by atomic mass is 79.9. The molecule has 19 heavy (non-hydrogen) atoms. The highest BCUT2D eigenvalue weighted by molar-refractivity contribution is 9.10. The minimum atomic E-state index is -0.522. The van der Waals surface area contributed by atoms with Gasteiger partial charge in [0.15, 0.2) is 0 Å². The van der Waals surface area contributed by atoms with Gasteiger partial charge in [-0.15, -0.1) is 12.6 Å². The van der Waals surface area contributed by atoms with Crippen LogP contribution in [0.5, 0.6) is 0 Å². The van der Waals surface area contributed by atoms with Crippen molar-refractivity contribution in [2.24, 2.45) is 0 Å². The number of rotatable bonds is 3. The quantitative estimate of drug-likeness (QED) is 0.668. The van der Waals surface area contributed by atoms with Crippen LogP contribution in [-0.4, -0.2) is 5.97 Å². The maximum Gasteiger partial charge on any atom is 0.339 e. The first-order valence-electron chi connectivity index (χ1n) is 5.47. The molecule has 2 nitrogen and oxygen atoms in total. The summed E-state index contributed by atoms with van der Waals surface area (Å²) < 4.78 is 19.1. The summed E-state index contributed by atoms with van der Waals surface area (Å²) in [6.07, 6.45) is 0. The predicted molar refractivity (Wildman–Crippen MR) is 76.9 cm³/mol. The Bertz CT molecular complexity index is 616. The molecule has 0 amide bonds. The molecule has 2 rings (SSSR count). The third-order valence-electron chi connectivity index (χ3n) is 2.49. The summed E-state index contributed by atoms with van der Waals surface area (Å²) in [5.74, 6) is -0.914. The van der Waals surface area contributed by atoms with E-state index < -0.39 is 11.8 Å². The summed E-state index contributed by atoms with van der Waals surface area (Å²) in [5.41, 5.74) is 0.706. The molecule has 0 aliphatic rings. The molecule has 98 valence electrons. The van der Waals surface area contributed by atoms with E-state index in [1.807, 2.05) is 0 Å². The third kappa shape index (κ3) is 3.58. The number of esters is 1. The molecule has 0 fully saturated rings. The molecule has 2 aromatic rings. The van der Waals surface area contributed by atoms with Gasteiger partial charge in [0.05, 0.1) is 5.56 Å². The van der Waals surface area contributed by atoms with Crippen LogP contribution in [0.1, 0.15) is 15.9 Å². The fraction of sp³-hybridized carbons (Fsp3) is 0.0714. The van der Waals surface area contributed by atoms with Crippen molar-refractivity contribution in [2.75, 3.05) is 0 Å². The van der Waals surface area contributed by atoms with Crippen LogP contribution in [0.4, 0.5) is 4.39 Å². The minimum absolute atomic E-state index is 0.102. The van der Waals surface area contributed by atoms with Crippen molar-refractivity contribution >= 4 is 34.5 Å². The SMILES string of the molecule is O=C(OCc1ccccc1F)c1cc(S)ccc1Br. The normalized spacial score (nSPS) is 10.3. The summed E-state index contributed by atoms with van der Waals surface area (Å²) in [6, 6.07) is 11.2. The number of hydrogen-bond acceptors (Lipinski definition) is 3. The van der Waals surface area contributed by atoms with Crippen molar-refractivity contribution < 1.29 is 13.9 Å². The van der Waals surface area contributed by atoms with Gasteiger partial charge in [0, 0.05) is 14.9 Å². The van der Waals surface area contributed by atoms with Crippen LogP contribution in [-0.2, 0) is 11.3 Å². The summed E-state index contributed by atoms with van der Waals surface area (Å²) in [7, 11) is 0. The molecule has 0 spiro atoms. The largest absolute Gasteiger partial charge is 0.457 e. The molecular formula is C14H10BrFO2S. The molecule has 0 radical (unpaired) electrons. The van der Waals surface area contributed by atoms with Gasteiger partial charge in [-0.05, 0) is 40.2 Å². The molecule has 2 aromatic carbocycles. The molecule has 0 N–H and O–H groups in total. The lowest BCUT2D eigenvalue weighted by molar-refractivity contribution is 0.0467. The van der Waals surface area contributed by atoms with Gasteiger partial charge in [0.25, 0.3) is 0 Å². The minimum Gasteiger partial charge on any atom is -0.457 e. The number of carbonyl (C=O) groups excluding carboxylic acids is 1. The average Bonchev–Trinajstić information content (AvgIpc) is 2.40. The maximum atomic E-state index is 13.4. The zero-order chi connectivity index (χ0) is 13.8. The van der Waals surface area contributed by atoms with Crippen LogP contribution < -0.4 is 0 Å². The Balaban J connectivity index is 2.10. The van der Waals surface area contributed by atoms with Gasteiger partial charge >= 0.3 is 5.97 Å². The van der Waals surface area contributed by atoms with Gasteiger partial charge in [0.2, 0.25) is 0 Å². The van der Waals surface area contributed by atoms with E-state index >= 15 is 0 Å². The molecule has 5 heteroatoms. The molecule has 0 saturated heterocycles. The summed E-state index contributed by atoms with van der Waals surface area (Å²) in [4.78, 5) is 12.5. The molecule has 0 aliphatic carbocycles. The van der Waals surface area contributed by atoms with E-state index in [2.05, 4.69) is 28.6 Å². The van der Waals surface area contributed by atoms with Crippen molar-refractivity contribution in [3.63, 3.8) is 0 Å². The Morgan fingerprint density at radius 1 is 1.26 bits per heavy atom. The van der Waals surface area contributed by atoms with Gasteiger partial charge in [-0.3, -0.25) is 0 Å². The van der Waals surface area contributed by atoms with E-state index in [4.69, 9.17) is 4.74 Å². The first-order chi connectivity index (χ1) is 9.08. The Morgan fingerprint density at radius 2 is 2.00 bits per heavy atom. The average molecular weight is 341 g/mol. The lowest BCUT2D eigenvalue weighted by atomic mass is 10.2. The van der Waals surface area contributed by atoms with Gasteiger partial charge in [-0.1, -0.05) is 18.2 Å². The van der Waals surface area contributed by atoms with Crippen LogP contribution in [0.15, 0.2) is 51.8 Å². The van der Waals surface area contributed by atoms with Crippen molar-refractivity contribution in [3.05, 3.63) is 63.9 Å². The molecule has 0 saturated carbocycles. The maximum absolute atomic E-state index is 13.4. The summed E-state index contributed by atoms with van der Waals surface area (Å²) in [6.45, 7) is -0.102. The molecular weight excluding hydrogens is 331 g/mol. The fourth-order valence-electron chi connectivity index (χ4n) is 1.51. The predicted octanol–water partition coefficient (Wildman–Crippen LogP) is 4.23. The first-order valence-corrected chi connectivity index (χ1v) is 6.71. The topological polar surface area (TPSA) is 26.3 Å². The second kappa shape index (κ2) is 6.21. The Hall–Kier alpha value is -1.33. The van der Waals surface area contributed by atoms with Crippen molar-refractivity contribution in [2.45, 2.75) is 11.5 Å². The van der Waals surface area contributed by atoms with E-state index in [1.54, 1.807) is 36.4 Å². The van der Waals surface area contributed by atoms with E-state index in [9.17, 15) is 9.18 Å². The first kappa shape index (κ1) is 14.1. The number of ether oxygens (including phenoxy) is 1. The lowest BCUT2D eigenvalue weighted by Crippen LogP contribution is -2.07. The number of hydrogen-bond donors (Lipinski definition) is 1. The smallest absolute Gasteiger partial charge is 0.339 e. The number of carbonyl (C=O) groups is 1. The van der Waals surface area contributed by atoms with Crippen molar-refractivity contribution in [1.82, 2.24) is 0 Å². The number of halogens is 2. The van der Waals surface area contributed by atoms with E-state index in [-0.39, 0.29) is 6.61 Å². The Labute approximate surface area is 124 Å². The third-order valence-corrected chi connectivity index (χ3v) is 3.46. The highest BCUT2D eigenvalue weighted by Gasteiger charge is 2.13. The van der Waals surface area contributed by atoms with Crippen molar-refractivity contribution in [3.8, 4) is 0 Å². The van der Waals surface area contributed by atoms with Gasteiger partial charge in [-0.2, -0.15) is 0 Å². The molecule has 0 aliphatic heterocycles. The van der Waals surface area contributed by atoms with Crippen LogP contribution in [0, 0.1) is 5.82 Å². The monoisotopic (exact) mass is 340 g/mol. The molecule has 0 atom stereocenters. The van der Waals surface area contributed by atoms with Gasteiger partial charge < -0.3 is 4.74 Å². The zero-order valence-corrected chi connectivity index (χ0v) is 12.2. The van der Waals surface area contributed by atoms with Gasteiger partial charge in [0.1, 0.15) is 12.4 Å². The Morgan fingerprint density at radius 3 is 2.74 bits per heavy atom. The van der Waals surface area contributed by atoms with E-state index in [0.29, 0.717) is 20.5 Å². The number of benzene rings is 2. The zero-order valence-electron chi connectivity index (χ0n) is 9.77. The van der Waals surface area contributed by atoms with Crippen LogP contribution in [0.3, 0.4) is 0 Å². The second-order valence-electron chi connectivity index (χ2n) is 3.83. The highest BCUT2D eigenvalue weighted by Crippen LogP contribution is 2.21. The molecule has 0 unspecified atom stereocenters. The Kier molecular flexibility index (Phi) is 4.61. The van der Waals surface area contributed by atoms with Crippen LogP contribution in [0.25, 0.3) is 0 Å². The van der Waals surface area contributed by atoms with E-state index in [1.165, 1.54) is 6.07 Å². The number of thiol groups is 1. The standard InChI is InChI=1S/C14H10BrFO2S/c15-12-6-5-10(19)7-11(12)14(17)18-8-9-3-1-2-4-13(9)16/h1-7,19H,8H2. The lowest BCUT2D eigenvalue weighted by Gasteiger charge is -2.07. The second-order valence-corrected chi connectivity index (χ2v) is 5.20.